The molecule has 0 amide bonds. The fourth-order valence-corrected chi connectivity index (χ4v) is 4.39. The fourth-order valence-electron chi connectivity index (χ4n) is 3.28. The van der Waals surface area contributed by atoms with Gasteiger partial charge in [-0.05, 0) is 12.1 Å². The highest BCUT2D eigenvalue weighted by atomic mass is 35.5. The largest absolute Gasteiger partial charge is 1.00 e. The molecule has 178 valence electrons. The first-order valence-corrected chi connectivity index (χ1v) is 11.1. The Morgan fingerprint density at radius 3 is 2.06 bits per heavy atom. The van der Waals surface area contributed by atoms with E-state index in [1.807, 2.05) is 0 Å². The maximum absolute atomic E-state index is 12.4. The van der Waals surface area contributed by atoms with Crippen LogP contribution < -0.4 is 31.5 Å². The number of benzene rings is 1. The van der Waals surface area contributed by atoms with Crippen LogP contribution in [0.3, 0.4) is 0 Å². The molecule has 0 bridgehead atoms. The van der Waals surface area contributed by atoms with E-state index < -0.39 is 16.2 Å². The summed E-state index contributed by atoms with van der Waals surface area (Å²) in [6.45, 7) is 3.51. The predicted octanol–water partition coefficient (Wildman–Crippen LogP) is -3.73. The summed E-state index contributed by atoms with van der Waals surface area (Å²) in [5, 5.41) is 0. The molecule has 1 aliphatic heterocycles. The van der Waals surface area contributed by atoms with Crippen LogP contribution in [0.2, 0.25) is 0 Å². The lowest BCUT2D eigenvalue weighted by atomic mass is 10.2. The number of nitrogens with one attached hydrogen (secondary N) is 1. The number of carbonyl (C=O) groups excluding carboxylic acids is 1. The highest BCUT2D eigenvalue weighted by Crippen LogP contribution is 2.38. The first-order chi connectivity index (χ1) is 14.2. The van der Waals surface area contributed by atoms with Crippen LogP contribution >= 0.6 is 0 Å². The molecule has 1 N–H and O–H groups in total. The lowest BCUT2D eigenvalue weighted by Crippen LogP contribution is -3.14. The summed E-state index contributed by atoms with van der Waals surface area (Å²) in [7, 11) is 4.19. The van der Waals surface area contributed by atoms with E-state index >= 15 is 0 Å². The van der Waals surface area contributed by atoms with Crippen molar-refractivity contribution in [3.63, 3.8) is 0 Å². The minimum atomic E-state index is -3.35. The molecule has 31 heavy (non-hydrogen) atoms. The molecule has 0 aromatic heterocycles. The number of ether oxygens (including phenoxy) is 4. The third-order valence-electron chi connectivity index (χ3n) is 5.03. The van der Waals surface area contributed by atoms with Crippen molar-refractivity contribution in [1.29, 1.82) is 0 Å². The van der Waals surface area contributed by atoms with Gasteiger partial charge in [-0.15, -0.1) is 0 Å². The molecule has 0 saturated carbocycles. The molecule has 10 nitrogen and oxygen atoms in total. The van der Waals surface area contributed by atoms with Gasteiger partial charge in [0.1, 0.15) is 0 Å². The summed E-state index contributed by atoms with van der Waals surface area (Å²) in [5.74, 6) is 0.722. The van der Waals surface area contributed by atoms with Crippen LogP contribution in [-0.4, -0.2) is 97.8 Å². The number of hydrogen-bond donors (Lipinski definition) is 1. The third kappa shape index (κ3) is 6.84. The average Bonchev–Trinajstić information content (AvgIpc) is 2.75. The summed E-state index contributed by atoms with van der Waals surface area (Å²) in [6.07, 6.45) is 0.686. The predicted molar refractivity (Wildman–Crippen MR) is 111 cm³/mol. The maximum atomic E-state index is 12.4. The SMILES string of the molecule is COc1cc(C(=O)OCCC[NH+]2CCN(S(=O)(=O)N(C)C)CC2)cc(OC)c1OC.[Cl-]. The van der Waals surface area contributed by atoms with Crippen molar-refractivity contribution in [3.05, 3.63) is 17.7 Å². The second-order valence-corrected chi connectivity index (χ2v) is 9.24. The standard InChI is InChI=1S/C19H31N3O7S.ClH/c1-20(2)30(24,25)22-10-8-21(9-11-22)7-6-12-29-19(23)15-13-16(26-3)18(28-5)17(14-15)27-4;/h13-14H,6-12H2,1-5H3;1H. The van der Waals surface area contributed by atoms with E-state index in [0.717, 1.165) is 19.6 Å². The number of hydrogen-bond acceptors (Lipinski definition) is 7. The van der Waals surface area contributed by atoms with Gasteiger partial charge in [0.15, 0.2) is 11.5 Å². The molecule has 1 heterocycles. The van der Waals surface area contributed by atoms with Crippen LogP contribution in [0.1, 0.15) is 16.8 Å². The van der Waals surface area contributed by atoms with Gasteiger partial charge in [0.2, 0.25) is 5.75 Å². The van der Waals surface area contributed by atoms with Crippen molar-refractivity contribution < 1.29 is 49.5 Å². The van der Waals surface area contributed by atoms with Gasteiger partial charge < -0.3 is 36.3 Å². The Morgan fingerprint density at radius 2 is 1.61 bits per heavy atom. The first kappa shape index (κ1) is 27.2. The molecule has 0 radical (unpaired) electrons. The quantitative estimate of drug-likeness (QED) is 0.271. The molecule has 12 heteroatoms. The van der Waals surface area contributed by atoms with Crippen LogP contribution in [-0.2, 0) is 14.9 Å². The maximum Gasteiger partial charge on any atom is 0.338 e. The minimum Gasteiger partial charge on any atom is -1.00 e. The van der Waals surface area contributed by atoms with Gasteiger partial charge in [0.25, 0.3) is 10.2 Å². The smallest absolute Gasteiger partial charge is 0.338 e. The number of nitrogens with zero attached hydrogens (tertiary/aromatic N) is 2. The molecule has 1 fully saturated rings. The van der Waals surface area contributed by atoms with E-state index in [0.29, 0.717) is 42.3 Å². The fraction of sp³-hybridized carbons (Fsp3) is 0.632. The zero-order valence-corrected chi connectivity index (χ0v) is 20.2. The number of esters is 1. The zero-order valence-electron chi connectivity index (χ0n) is 18.6. The van der Waals surface area contributed by atoms with Gasteiger partial charge in [-0.2, -0.15) is 17.0 Å². The van der Waals surface area contributed by atoms with Gasteiger partial charge in [0, 0.05) is 20.5 Å². The highest BCUT2D eigenvalue weighted by Gasteiger charge is 2.30. The van der Waals surface area contributed by atoms with Crippen LogP contribution in [0.4, 0.5) is 0 Å². The first-order valence-electron chi connectivity index (χ1n) is 9.72. The molecule has 0 unspecified atom stereocenters. The summed E-state index contributed by atoms with van der Waals surface area (Å²) >= 11 is 0. The number of methoxy groups -OCH3 is 3. The Kier molecular flexibility index (Phi) is 10.8. The Balaban J connectivity index is 0.00000480. The Labute approximate surface area is 190 Å². The topological polar surface area (TPSA) is 99.0 Å². The van der Waals surface area contributed by atoms with Crippen molar-refractivity contribution in [2.45, 2.75) is 6.42 Å². The molecule has 1 aromatic rings. The van der Waals surface area contributed by atoms with Crippen LogP contribution in [0.25, 0.3) is 0 Å². The number of quaternary nitrogens is 1. The summed E-state index contributed by atoms with van der Waals surface area (Å²) < 4.78 is 48.2. The molecular formula is C19H32ClN3O7S. The van der Waals surface area contributed by atoms with Crippen molar-refractivity contribution in [1.82, 2.24) is 8.61 Å². The average molecular weight is 482 g/mol. The second kappa shape index (κ2) is 12.3. The molecule has 2 rings (SSSR count). The zero-order chi connectivity index (χ0) is 22.3. The lowest BCUT2D eigenvalue weighted by molar-refractivity contribution is -0.903. The third-order valence-corrected chi connectivity index (χ3v) is 6.97. The highest BCUT2D eigenvalue weighted by molar-refractivity contribution is 7.86. The number of rotatable bonds is 10. The molecule has 1 aromatic carbocycles. The monoisotopic (exact) mass is 481 g/mol. The summed E-state index contributed by atoms with van der Waals surface area (Å²) in [6, 6.07) is 3.11. The Morgan fingerprint density at radius 1 is 1.06 bits per heavy atom. The molecule has 0 aliphatic carbocycles. The Hall–Kier alpha value is -1.79. The van der Waals surface area contributed by atoms with Crippen LogP contribution in [0.15, 0.2) is 12.1 Å². The van der Waals surface area contributed by atoms with Crippen LogP contribution in [0, 0.1) is 0 Å². The van der Waals surface area contributed by atoms with Gasteiger partial charge in [-0.1, -0.05) is 0 Å². The van der Waals surface area contributed by atoms with Gasteiger partial charge in [0.05, 0.1) is 66.2 Å². The van der Waals surface area contributed by atoms with Crippen molar-refractivity contribution in [2.24, 2.45) is 0 Å². The number of carbonyl (C=O) groups is 1. The van der Waals surface area contributed by atoms with Crippen molar-refractivity contribution in [3.8, 4) is 17.2 Å². The number of halogens is 1. The van der Waals surface area contributed by atoms with E-state index in [4.69, 9.17) is 18.9 Å². The number of piperazine rings is 1. The van der Waals surface area contributed by atoms with Gasteiger partial charge >= 0.3 is 5.97 Å². The van der Waals surface area contributed by atoms with E-state index in [1.54, 1.807) is 12.1 Å². The van der Waals surface area contributed by atoms with E-state index in [9.17, 15) is 13.2 Å². The summed E-state index contributed by atoms with van der Waals surface area (Å²) in [5.41, 5.74) is 0.319. The Bertz CT molecular complexity index is 803. The van der Waals surface area contributed by atoms with E-state index in [2.05, 4.69) is 0 Å². The molecular weight excluding hydrogens is 450 g/mol. The second-order valence-electron chi connectivity index (χ2n) is 7.09. The summed E-state index contributed by atoms with van der Waals surface area (Å²) in [4.78, 5) is 13.7. The van der Waals surface area contributed by atoms with Crippen molar-refractivity contribution >= 4 is 16.2 Å². The van der Waals surface area contributed by atoms with Gasteiger partial charge in [-0.3, -0.25) is 0 Å². The van der Waals surface area contributed by atoms with Gasteiger partial charge in [-0.25, -0.2) is 4.79 Å². The van der Waals surface area contributed by atoms with Crippen LogP contribution in [0.5, 0.6) is 17.2 Å². The molecule has 1 aliphatic rings. The molecule has 1 saturated heterocycles. The lowest BCUT2D eigenvalue weighted by Gasteiger charge is -2.32. The minimum absolute atomic E-state index is 0. The molecule has 0 spiro atoms. The van der Waals surface area contributed by atoms with Crippen molar-refractivity contribution in [2.75, 3.05) is 74.8 Å². The molecule has 0 atom stereocenters. The van der Waals surface area contributed by atoms with E-state index in [1.165, 1.54) is 48.9 Å². The van der Waals surface area contributed by atoms with E-state index in [-0.39, 0.29) is 19.0 Å². The normalized spacial score (nSPS) is 15.3.